The van der Waals surface area contributed by atoms with E-state index in [9.17, 15) is 0 Å². The van der Waals surface area contributed by atoms with Gasteiger partial charge in [0.1, 0.15) is 5.75 Å². The van der Waals surface area contributed by atoms with Crippen molar-refractivity contribution in [3.05, 3.63) is 51.2 Å². The van der Waals surface area contributed by atoms with Crippen LogP contribution in [0.5, 0.6) is 5.75 Å². The molecule has 1 unspecified atom stereocenters. The van der Waals surface area contributed by atoms with Crippen LogP contribution in [0.1, 0.15) is 52.9 Å². The number of hydrogen-bond donors (Lipinski definition) is 0. The molecule has 3 rings (SSSR count). The Bertz CT molecular complexity index is 577. The van der Waals surface area contributed by atoms with Gasteiger partial charge in [-0.05, 0) is 68.9 Å². The van der Waals surface area contributed by atoms with Crippen molar-refractivity contribution in [2.75, 3.05) is 0 Å². The maximum Gasteiger partial charge on any atom is 0.119 e. The Kier molecular flexibility index (Phi) is 4.56. The van der Waals surface area contributed by atoms with Gasteiger partial charge in [-0.15, -0.1) is 22.9 Å². The molecule has 1 aromatic heterocycles. The fraction of sp³-hybridized carbons (Fsp3) is 0.444. The fourth-order valence-corrected chi connectivity index (χ4v) is 4.40. The summed E-state index contributed by atoms with van der Waals surface area (Å²) < 4.78 is 5.68. The third kappa shape index (κ3) is 3.44. The molecule has 0 saturated carbocycles. The molecule has 0 amide bonds. The van der Waals surface area contributed by atoms with Crippen molar-refractivity contribution in [3.8, 4) is 5.75 Å². The van der Waals surface area contributed by atoms with E-state index in [1.807, 2.05) is 37.3 Å². The van der Waals surface area contributed by atoms with E-state index >= 15 is 0 Å². The minimum atomic E-state index is -0.0475. The number of rotatable bonds is 4. The standard InChI is InChI=1S/C18H21ClOS/c1-12(2)20-15-9-7-13(8-10-15)18(19)17-11-14-5-3-4-6-16(14)21-17/h7-12,18H,3-6H2,1-2H3. The normalized spacial score (nSPS) is 15.8. The largest absolute Gasteiger partial charge is 0.491 e. The van der Waals surface area contributed by atoms with E-state index in [1.165, 1.54) is 36.1 Å². The summed E-state index contributed by atoms with van der Waals surface area (Å²) >= 11 is 8.57. The summed E-state index contributed by atoms with van der Waals surface area (Å²) in [6.45, 7) is 4.07. The molecule has 1 nitrogen and oxygen atoms in total. The molecule has 2 aromatic rings. The summed E-state index contributed by atoms with van der Waals surface area (Å²) in [4.78, 5) is 2.82. The van der Waals surface area contributed by atoms with Crippen molar-refractivity contribution < 1.29 is 4.74 Å². The lowest BCUT2D eigenvalue weighted by Crippen LogP contribution is -2.05. The number of halogens is 1. The summed E-state index contributed by atoms with van der Waals surface area (Å²) in [6, 6.07) is 10.5. The SMILES string of the molecule is CC(C)Oc1ccc(C(Cl)c2cc3c(s2)CCCC3)cc1. The Morgan fingerprint density at radius 1 is 1.10 bits per heavy atom. The molecule has 1 aromatic carbocycles. The van der Waals surface area contributed by atoms with E-state index in [0.29, 0.717) is 0 Å². The fourth-order valence-electron chi connectivity index (χ4n) is 2.79. The van der Waals surface area contributed by atoms with Crippen LogP contribution < -0.4 is 4.74 Å². The van der Waals surface area contributed by atoms with Gasteiger partial charge in [0.2, 0.25) is 0 Å². The highest BCUT2D eigenvalue weighted by atomic mass is 35.5. The molecule has 0 aliphatic heterocycles. The summed E-state index contributed by atoms with van der Waals surface area (Å²) in [6.07, 6.45) is 5.28. The molecule has 1 aliphatic carbocycles. The van der Waals surface area contributed by atoms with E-state index in [2.05, 4.69) is 18.2 Å². The molecule has 0 spiro atoms. The van der Waals surface area contributed by atoms with Crippen LogP contribution in [0.3, 0.4) is 0 Å². The van der Waals surface area contributed by atoms with Gasteiger partial charge < -0.3 is 4.74 Å². The molecule has 1 aliphatic rings. The molecule has 0 bridgehead atoms. The van der Waals surface area contributed by atoms with Gasteiger partial charge in [0.05, 0.1) is 11.5 Å². The number of thiophene rings is 1. The van der Waals surface area contributed by atoms with Crippen LogP contribution in [0.25, 0.3) is 0 Å². The Morgan fingerprint density at radius 3 is 2.48 bits per heavy atom. The van der Waals surface area contributed by atoms with E-state index in [4.69, 9.17) is 16.3 Å². The van der Waals surface area contributed by atoms with Crippen LogP contribution in [0.2, 0.25) is 0 Å². The minimum absolute atomic E-state index is 0.0475. The highest BCUT2D eigenvalue weighted by molar-refractivity contribution is 7.12. The summed E-state index contributed by atoms with van der Waals surface area (Å²) in [7, 11) is 0. The van der Waals surface area contributed by atoms with Gasteiger partial charge in [0, 0.05) is 9.75 Å². The van der Waals surface area contributed by atoms with Crippen LogP contribution in [0.15, 0.2) is 30.3 Å². The van der Waals surface area contributed by atoms with Crippen LogP contribution in [-0.4, -0.2) is 6.10 Å². The van der Waals surface area contributed by atoms with E-state index < -0.39 is 0 Å². The van der Waals surface area contributed by atoms with Gasteiger partial charge in [0.25, 0.3) is 0 Å². The maximum absolute atomic E-state index is 6.68. The molecule has 112 valence electrons. The van der Waals surface area contributed by atoms with Crippen molar-refractivity contribution in [1.29, 1.82) is 0 Å². The van der Waals surface area contributed by atoms with Gasteiger partial charge in [-0.2, -0.15) is 0 Å². The zero-order valence-corrected chi connectivity index (χ0v) is 14.1. The lowest BCUT2D eigenvalue weighted by molar-refractivity contribution is 0.242. The van der Waals surface area contributed by atoms with Crippen molar-refractivity contribution in [2.45, 2.75) is 51.0 Å². The summed E-state index contributed by atoms with van der Waals surface area (Å²) in [5.74, 6) is 0.906. The second-order valence-corrected chi connectivity index (χ2v) is 7.51. The van der Waals surface area contributed by atoms with Crippen molar-refractivity contribution >= 4 is 22.9 Å². The molecule has 1 heterocycles. The molecule has 3 heteroatoms. The first-order valence-electron chi connectivity index (χ1n) is 7.65. The van der Waals surface area contributed by atoms with Crippen LogP contribution in [-0.2, 0) is 12.8 Å². The first-order chi connectivity index (χ1) is 10.1. The van der Waals surface area contributed by atoms with Gasteiger partial charge in [-0.1, -0.05) is 12.1 Å². The summed E-state index contributed by atoms with van der Waals surface area (Å²) in [5.41, 5.74) is 2.66. The maximum atomic E-state index is 6.68. The lowest BCUT2D eigenvalue weighted by atomic mass is 9.99. The zero-order chi connectivity index (χ0) is 14.8. The van der Waals surface area contributed by atoms with Gasteiger partial charge in [0.15, 0.2) is 0 Å². The molecule has 21 heavy (non-hydrogen) atoms. The topological polar surface area (TPSA) is 9.23 Å². The van der Waals surface area contributed by atoms with E-state index in [1.54, 1.807) is 4.88 Å². The van der Waals surface area contributed by atoms with Gasteiger partial charge >= 0.3 is 0 Å². The first-order valence-corrected chi connectivity index (χ1v) is 8.91. The van der Waals surface area contributed by atoms with Crippen molar-refractivity contribution in [1.82, 2.24) is 0 Å². The number of ether oxygens (including phenoxy) is 1. The molecule has 0 saturated heterocycles. The van der Waals surface area contributed by atoms with Crippen LogP contribution >= 0.6 is 22.9 Å². The number of benzene rings is 1. The number of aryl methyl sites for hydroxylation is 2. The predicted octanol–water partition coefficient (Wildman–Crippen LogP) is 5.74. The second kappa shape index (κ2) is 6.41. The third-order valence-electron chi connectivity index (χ3n) is 3.81. The number of fused-ring (bicyclic) bond motifs is 1. The minimum Gasteiger partial charge on any atom is -0.491 e. The van der Waals surface area contributed by atoms with E-state index in [0.717, 1.165) is 11.3 Å². The monoisotopic (exact) mass is 320 g/mol. The third-order valence-corrected chi connectivity index (χ3v) is 5.73. The molecular formula is C18H21ClOS. The average molecular weight is 321 g/mol. The average Bonchev–Trinajstić information content (AvgIpc) is 2.90. The molecule has 0 fully saturated rings. The predicted molar refractivity (Wildman–Crippen MR) is 90.9 cm³/mol. The first kappa shape index (κ1) is 14.9. The Balaban J connectivity index is 1.78. The van der Waals surface area contributed by atoms with Crippen LogP contribution in [0.4, 0.5) is 0 Å². The molecular weight excluding hydrogens is 300 g/mol. The van der Waals surface area contributed by atoms with Crippen molar-refractivity contribution in [3.63, 3.8) is 0 Å². The quantitative estimate of drug-likeness (QED) is 0.652. The van der Waals surface area contributed by atoms with E-state index in [-0.39, 0.29) is 11.5 Å². The molecule has 1 atom stereocenters. The molecule has 0 N–H and O–H groups in total. The Hall–Kier alpha value is -0.990. The Labute approximate surface area is 135 Å². The van der Waals surface area contributed by atoms with Gasteiger partial charge in [-0.25, -0.2) is 0 Å². The highest BCUT2D eigenvalue weighted by Gasteiger charge is 2.19. The van der Waals surface area contributed by atoms with Gasteiger partial charge in [-0.3, -0.25) is 0 Å². The highest BCUT2D eigenvalue weighted by Crippen LogP contribution is 2.38. The zero-order valence-electron chi connectivity index (χ0n) is 12.6. The lowest BCUT2D eigenvalue weighted by Gasteiger charge is -2.12. The smallest absolute Gasteiger partial charge is 0.119 e. The van der Waals surface area contributed by atoms with Crippen LogP contribution in [0, 0.1) is 0 Å². The number of alkyl halides is 1. The second-order valence-electron chi connectivity index (χ2n) is 5.90. The van der Waals surface area contributed by atoms with Crippen molar-refractivity contribution in [2.24, 2.45) is 0 Å². The Morgan fingerprint density at radius 2 is 1.81 bits per heavy atom. The summed E-state index contributed by atoms with van der Waals surface area (Å²) in [5, 5.41) is -0.0475. The number of hydrogen-bond acceptors (Lipinski definition) is 2. The molecule has 0 radical (unpaired) electrons.